The summed E-state index contributed by atoms with van der Waals surface area (Å²) in [5.74, 6) is 3.77. The third kappa shape index (κ3) is 4.34. The van der Waals surface area contributed by atoms with E-state index >= 15 is 0 Å². The first kappa shape index (κ1) is 20.0. The van der Waals surface area contributed by atoms with Crippen LogP contribution in [-0.4, -0.2) is 11.7 Å². The lowest BCUT2D eigenvalue weighted by molar-refractivity contribution is 0.192. The Bertz CT molecular complexity index is 962. The lowest BCUT2D eigenvalue weighted by atomic mass is 9.78. The highest BCUT2D eigenvalue weighted by molar-refractivity contribution is 5.39. The first-order valence-electron chi connectivity index (χ1n) is 10.0. The average Bonchev–Trinajstić information content (AvgIpc) is 3.55. The summed E-state index contributed by atoms with van der Waals surface area (Å²) in [5.41, 5.74) is 1.55. The van der Waals surface area contributed by atoms with Gasteiger partial charge in [0.25, 0.3) is 0 Å². The maximum atomic E-state index is 14.5. The van der Waals surface area contributed by atoms with Crippen LogP contribution in [0.25, 0.3) is 0 Å². The highest BCUT2D eigenvalue weighted by atomic mass is 19.2. The molecule has 5 heteroatoms. The summed E-state index contributed by atoms with van der Waals surface area (Å²) in [7, 11) is 0. The maximum Gasteiger partial charge on any atom is 0.174 e. The van der Waals surface area contributed by atoms with Crippen molar-refractivity contribution in [1.82, 2.24) is 0 Å². The Balaban J connectivity index is 1.40. The molecule has 1 saturated carbocycles. The SMILES string of the molecule is CC(O)c1ccc(C#CC2CCC(c3ccc(C4CO4)cc3F)CC2)c(F)c1F. The summed E-state index contributed by atoms with van der Waals surface area (Å²) in [4.78, 5) is 0. The van der Waals surface area contributed by atoms with Crippen molar-refractivity contribution >= 4 is 0 Å². The van der Waals surface area contributed by atoms with Crippen molar-refractivity contribution in [3.8, 4) is 11.8 Å². The number of rotatable bonds is 3. The molecule has 29 heavy (non-hydrogen) atoms. The van der Waals surface area contributed by atoms with Crippen LogP contribution in [-0.2, 0) is 4.74 Å². The molecule has 1 heterocycles. The standard InChI is InChI=1S/C24H23F3O2/c1-14(28)19-10-8-17(23(26)24(19)27)7-4-15-2-5-16(6-3-15)20-11-9-18(12-21(20)25)22-13-29-22/h8-12,14-16,22,28H,2-3,5-6,13H2,1H3. The molecule has 0 spiro atoms. The molecule has 2 nitrogen and oxygen atoms in total. The van der Waals surface area contributed by atoms with E-state index in [2.05, 4.69) is 11.8 Å². The highest BCUT2D eigenvalue weighted by Crippen LogP contribution is 2.38. The summed E-state index contributed by atoms with van der Waals surface area (Å²) in [6.45, 7) is 2.05. The molecule has 0 amide bonds. The molecule has 1 N–H and O–H groups in total. The maximum absolute atomic E-state index is 14.5. The number of halogens is 3. The van der Waals surface area contributed by atoms with Crippen LogP contribution >= 0.6 is 0 Å². The molecule has 2 unspecified atom stereocenters. The van der Waals surface area contributed by atoms with Crippen molar-refractivity contribution in [2.24, 2.45) is 5.92 Å². The molecular weight excluding hydrogens is 377 g/mol. The Hall–Kier alpha value is -2.29. The molecule has 1 saturated heterocycles. The van der Waals surface area contributed by atoms with Gasteiger partial charge in [0.2, 0.25) is 0 Å². The Morgan fingerprint density at radius 2 is 1.76 bits per heavy atom. The van der Waals surface area contributed by atoms with Crippen molar-refractivity contribution in [2.45, 2.75) is 50.7 Å². The molecule has 0 radical (unpaired) electrons. The summed E-state index contributed by atoms with van der Waals surface area (Å²) in [5, 5.41) is 9.46. The van der Waals surface area contributed by atoms with Crippen molar-refractivity contribution in [3.63, 3.8) is 0 Å². The monoisotopic (exact) mass is 400 g/mol. The fourth-order valence-corrected chi connectivity index (χ4v) is 4.03. The smallest absolute Gasteiger partial charge is 0.174 e. The number of ether oxygens (including phenoxy) is 1. The number of benzene rings is 2. The van der Waals surface area contributed by atoms with Crippen molar-refractivity contribution in [2.75, 3.05) is 6.61 Å². The fourth-order valence-electron chi connectivity index (χ4n) is 4.03. The Kier molecular flexibility index (Phi) is 5.67. The van der Waals surface area contributed by atoms with Gasteiger partial charge in [-0.25, -0.2) is 13.2 Å². The van der Waals surface area contributed by atoms with E-state index in [1.54, 1.807) is 6.07 Å². The summed E-state index contributed by atoms with van der Waals surface area (Å²) < 4.78 is 47.8. The molecule has 152 valence electrons. The van der Waals surface area contributed by atoms with Gasteiger partial charge < -0.3 is 9.84 Å². The number of hydrogen-bond acceptors (Lipinski definition) is 2. The van der Waals surface area contributed by atoms with Gasteiger partial charge in [-0.3, -0.25) is 0 Å². The normalized spacial score (nSPS) is 24.5. The Morgan fingerprint density at radius 1 is 1.03 bits per heavy atom. The number of aliphatic hydroxyl groups excluding tert-OH is 1. The fraction of sp³-hybridized carbons (Fsp3) is 0.417. The van der Waals surface area contributed by atoms with Gasteiger partial charge >= 0.3 is 0 Å². The van der Waals surface area contributed by atoms with Gasteiger partial charge in [-0.15, -0.1) is 0 Å². The third-order valence-electron chi connectivity index (χ3n) is 5.87. The topological polar surface area (TPSA) is 32.8 Å². The van der Waals surface area contributed by atoms with Crippen LogP contribution in [0.4, 0.5) is 13.2 Å². The molecule has 0 aromatic heterocycles. The van der Waals surface area contributed by atoms with Gasteiger partial charge in [-0.05, 0) is 61.8 Å². The minimum absolute atomic E-state index is 0.00190. The summed E-state index contributed by atoms with van der Waals surface area (Å²) in [6.07, 6.45) is 2.18. The van der Waals surface area contributed by atoms with Crippen LogP contribution in [0.3, 0.4) is 0 Å². The Morgan fingerprint density at radius 3 is 2.38 bits per heavy atom. The molecule has 2 atom stereocenters. The summed E-state index contributed by atoms with van der Waals surface area (Å²) >= 11 is 0. The van der Waals surface area contributed by atoms with E-state index in [1.807, 2.05) is 12.1 Å². The van der Waals surface area contributed by atoms with Gasteiger partial charge in [-0.1, -0.05) is 30.0 Å². The minimum atomic E-state index is -1.08. The number of epoxide rings is 1. The van der Waals surface area contributed by atoms with E-state index in [9.17, 15) is 18.3 Å². The molecule has 2 fully saturated rings. The van der Waals surface area contributed by atoms with Crippen LogP contribution in [0.2, 0.25) is 0 Å². The van der Waals surface area contributed by atoms with E-state index in [0.717, 1.165) is 36.8 Å². The molecule has 0 bridgehead atoms. The molecule has 4 rings (SSSR count). The van der Waals surface area contributed by atoms with Crippen molar-refractivity contribution in [3.05, 3.63) is 70.0 Å². The van der Waals surface area contributed by atoms with Gasteiger partial charge in [0.05, 0.1) is 18.3 Å². The quantitative estimate of drug-likeness (QED) is 0.541. The van der Waals surface area contributed by atoms with Crippen LogP contribution in [0.1, 0.15) is 73.0 Å². The van der Waals surface area contributed by atoms with E-state index < -0.39 is 17.7 Å². The third-order valence-corrected chi connectivity index (χ3v) is 5.87. The van der Waals surface area contributed by atoms with Crippen LogP contribution in [0.15, 0.2) is 30.3 Å². The Labute approximate surface area is 168 Å². The van der Waals surface area contributed by atoms with Crippen LogP contribution in [0.5, 0.6) is 0 Å². The first-order valence-corrected chi connectivity index (χ1v) is 10.0. The van der Waals surface area contributed by atoms with E-state index in [1.165, 1.54) is 19.1 Å². The molecule has 1 aliphatic heterocycles. The van der Waals surface area contributed by atoms with E-state index in [4.69, 9.17) is 4.74 Å². The average molecular weight is 400 g/mol. The van der Waals surface area contributed by atoms with Gasteiger partial charge in [0.15, 0.2) is 11.6 Å². The van der Waals surface area contributed by atoms with Crippen molar-refractivity contribution < 1.29 is 23.0 Å². The van der Waals surface area contributed by atoms with Crippen LogP contribution in [0, 0.1) is 35.2 Å². The molecule has 1 aliphatic carbocycles. The molecule has 2 aliphatic rings. The second-order valence-corrected chi connectivity index (χ2v) is 7.93. The predicted molar refractivity (Wildman–Crippen MR) is 104 cm³/mol. The zero-order valence-corrected chi connectivity index (χ0v) is 16.2. The lowest BCUT2D eigenvalue weighted by Crippen LogP contribution is -2.13. The van der Waals surface area contributed by atoms with E-state index in [0.29, 0.717) is 6.61 Å². The number of aliphatic hydroxyl groups is 1. The van der Waals surface area contributed by atoms with Crippen molar-refractivity contribution in [1.29, 1.82) is 0 Å². The van der Waals surface area contributed by atoms with Gasteiger partial charge in [0.1, 0.15) is 11.9 Å². The summed E-state index contributed by atoms with van der Waals surface area (Å²) in [6, 6.07) is 8.15. The number of hydrogen-bond donors (Lipinski definition) is 1. The highest BCUT2D eigenvalue weighted by Gasteiger charge is 2.28. The van der Waals surface area contributed by atoms with Gasteiger partial charge in [-0.2, -0.15) is 0 Å². The molecule has 2 aromatic rings. The lowest BCUT2D eigenvalue weighted by Gasteiger charge is -2.26. The first-order chi connectivity index (χ1) is 13.9. The molecule has 2 aromatic carbocycles. The van der Waals surface area contributed by atoms with Gasteiger partial charge in [0, 0.05) is 11.5 Å². The largest absolute Gasteiger partial charge is 0.389 e. The zero-order chi connectivity index (χ0) is 20.5. The predicted octanol–water partition coefficient (Wildman–Crippen LogP) is 5.55. The zero-order valence-electron chi connectivity index (χ0n) is 16.2. The van der Waals surface area contributed by atoms with Crippen LogP contribution < -0.4 is 0 Å². The minimum Gasteiger partial charge on any atom is -0.389 e. The second kappa shape index (κ2) is 8.22. The van der Waals surface area contributed by atoms with E-state index in [-0.39, 0.29) is 34.9 Å². The second-order valence-electron chi connectivity index (χ2n) is 7.93. The molecular formula is C24H23F3O2.